The third kappa shape index (κ3) is 3.64. The molecule has 0 aromatic carbocycles. The Kier molecular flexibility index (Phi) is 4.88. The molecule has 0 bridgehead atoms. The highest BCUT2D eigenvalue weighted by Crippen LogP contribution is 2.19. The average molecular weight is 279 g/mol. The van der Waals surface area contributed by atoms with Crippen LogP contribution >= 0.6 is 11.6 Å². The zero-order valence-electron chi connectivity index (χ0n) is 9.59. The molecule has 0 radical (unpaired) electrons. The first kappa shape index (κ1) is 14.4. The second-order valence-electron chi connectivity index (χ2n) is 3.88. The van der Waals surface area contributed by atoms with Crippen LogP contribution in [0, 0.1) is 5.92 Å². The van der Waals surface area contributed by atoms with Crippen molar-refractivity contribution in [2.45, 2.75) is 24.8 Å². The third-order valence-electron chi connectivity index (χ3n) is 2.51. The molecule has 0 amide bonds. The number of aromatic nitrogens is 1. The highest BCUT2D eigenvalue weighted by Gasteiger charge is 2.22. The van der Waals surface area contributed by atoms with Crippen molar-refractivity contribution >= 4 is 21.6 Å². The molecule has 17 heavy (non-hydrogen) atoms. The van der Waals surface area contributed by atoms with E-state index in [0.717, 1.165) is 0 Å². The number of hydrogen-bond donors (Lipinski definition) is 2. The van der Waals surface area contributed by atoms with Gasteiger partial charge in [-0.3, -0.25) is 4.98 Å². The van der Waals surface area contributed by atoms with Crippen LogP contribution in [0.15, 0.2) is 23.4 Å². The van der Waals surface area contributed by atoms with Crippen LogP contribution in [0.25, 0.3) is 0 Å². The molecular weight excluding hydrogens is 264 g/mol. The molecule has 0 aliphatic heterocycles. The lowest BCUT2D eigenvalue weighted by Crippen LogP contribution is -2.38. The smallest absolute Gasteiger partial charge is 0.243 e. The van der Waals surface area contributed by atoms with Gasteiger partial charge in [-0.2, -0.15) is 0 Å². The van der Waals surface area contributed by atoms with E-state index in [2.05, 4.69) is 9.71 Å². The molecule has 1 heterocycles. The summed E-state index contributed by atoms with van der Waals surface area (Å²) in [5, 5.41) is 9.08. The Morgan fingerprint density at radius 1 is 1.53 bits per heavy atom. The zero-order chi connectivity index (χ0) is 13.1. The van der Waals surface area contributed by atoms with Crippen molar-refractivity contribution in [3.05, 3.63) is 23.5 Å². The predicted octanol–water partition coefficient (Wildman–Crippen LogP) is 1.03. The standard InChI is InChI=1S/C10H15ClN2O3S/c1-7(6-14)8(2)13-17(15,16)10-5-12-4-3-9(10)11/h3-5,7-8,13-14H,6H2,1-2H3. The first-order valence-corrected chi connectivity index (χ1v) is 6.97. The van der Waals surface area contributed by atoms with Gasteiger partial charge in [0.25, 0.3) is 0 Å². The van der Waals surface area contributed by atoms with Gasteiger partial charge in [0, 0.05) is 25.0 Å². The summed E-state index contributed by atoms with van der Waals surface area (Å²) in [5.74, 6) is -0.180. The number of aliphatic hydroxyl groups excluding tert-OH is 1. The highest BCUT2D eigenvalue weighted by molar-refractivity contribution is 7.89. The summed E-state index contributed by atoms with van der Waals surface area (Å²) in [5.41, 5.74) is 0. The first-order chi connectivity index (χ1) is 7.88. The molecule has 0 aliphatic carbocycles. The maximum atomic E-state index is 12.0. The van der Waals surface area contributed by atoms with Gasteiger partial charge in [-0.15, -0.1) is 0 Å². The molecule has 0 aliphatic rings. The number of halogens is 1. The molecule has 1 aromatic rings. The van der Waals surface area contributed by atoms with Gasteiger partial charge >= 0.3 is 0 Å². The van der Waals surface area contributed by atoms with Gasteiger partial charge in [-0.1, -0.05) is 18.5 Å². The number of aliphatic hydroxyl groups is 1. The SMILES string of the molecule is CC(CO)C(C)NS(=O)(=O)c1cnccc1Cl. The van der Waals surface area contributed by atoms with E-state index >= 15 is 0 Å². The first-order valence-electron chi connectivity index (χ1n) is 5.11. The Morgan fingerprint density at radius 3 is 2.71 bits per heavy atom. The van der Waals surface area contributed by atoms with Crippen LogP contribution in [0.3, 0.4) is 0 Å². The van der Waals surface area contributed by atoms with Gasteiger partial charge in [0.15, 0.2) is 0 Å². The molecule has 2 N–H and O–H groups in total. The lowest BCUT2D eigenvalue weighted by molar-refractivity contribution is 0.216. The summed E-state index contributed by atoms with van der Waals surface area (Å²) in [6.07, 6.45) is 2.61. The Balaban J connectivity index is 2.94. The van der Waals surface area contributed by atoms with E-state index < -0.39 is 10.0 Å². The van der Waals surface area contributed by atoms with Gasteiger partial charge < -0.3 is 5.11 Å². The third-order valence-corrected chi connectivity index (χ3v) is 4.53. The van der Waals surface area contributed by atoms with E-state index in [0.29, 0.717) is 0 Å². The van der Waals surface area contributed by atoms with Crippen molar-refractivity contribution in [2.75, 3.05) is 6.61 Å². The van der Waals surface area contributed by atoms with E-state index in [1.165, 1.54) is 18.5 Å². The molecule has 7 heteroatoms. The summed E-state index contributed by atoms with van der Waals surface area (Å²) in [6.45, 7) is 3.34. The molecule has 2 atom stereocenters. The molecule has 0 fully saturated rings. The van der Waals surface area contributed by atoms with E-state index in [1.807, 2.05) is 0 Å². The van der Waals surface area contributed by atoms with Crippen molar-refractivity contribution in [1.82, 2.24) is 9.71 Å². The molecule has 96 valence electrons. The summed E-state index contributed by atoms with van der Waals surface area (Å²) < 4.78 is 26.4. The van der Waals surface area contributed by atoms with Gasteiger partial charge in [0.05, 0.1) is 5.02 Å². The number of pyridine rings is 1. The van der Waals surface area contributed by atoms with Crippen molar-refractivity contribution in [3.63, 3.8) is 0 Å². The van der Waals surface area contributed by atoms with Crippen LogP contribution in [0.1, 0.15) is 13.8 Å². The minimum Gasteiger partial charge on any atom is -0.396 e. The van der Waals surface area contributed by atoms with Crippen LogP contribution in [0.5, 0.6) is 0 Å². The lowest BCUT2D eigenvalue weighted by atomic mass is 10.1. The van der Waals surface area contributed by atoms with Crippen molar-refractivity contribution in [1.29, 1.82) is 0 Å². The van der Waals surface area contributed by atoms with Crippen molar-refractivity contribution in [3.8, 4) is 0 Å². The van der Waals surface area contributed by atoms with Crippen LogP contribution in [-0.4, -0.2) is 31.2 Å². The maximum Gasteiger partial charge on any atom is 0.243 e. The molecular formula is C10H15ClN2O3S. The van der Waals surface area contributed by atoms with E-state index in [1.54, 1.807) is 13.8 Å². The van der Waals surface area contributed by atoms with Gasteiger partial charge in [-0.05, 0) is 18.9 Å². The van der Waals surface area contributed by atoms with Gasteiger partial charge in [0.2, 0.25) is 10.0 Å². The van der Waals surface area contributed by atoms with Crippen molar-refractivity contribution < 1.29 is 13.5 Å². The molecule has 0 saturated carbocycles. The maximum absolute atomic E-state index is 12.0. The number of sulfonamides is 1. The van der Waals surface area contributed by atoms with E-state index in [-0.39, 0.29) is 28.5 Å². The van der Waals surface area contributed by atoms with Crippen molar-refractivity contribution in [2.24, 2.45) is 5.92 Å². The topological polar surface area (TPSA) is 79.3 Å². The normalized spacial score (nSPS) is 15.5. The fourth-order valence-corrected chi connectivity index (χ4v) is 2.93. The van der Waals surface area contributed by atoms with Gasteiger partial charge in [-0.25, -0.2) is 13.1 Å². The molecule has 1 rings (SSSR count). The largest absolute Gasteiger partial charge is 0.396 e. The number of rotatable bonds is 5. The molecule has 5 nitrogen and oxygen atoms in total. The predicted molar refractivity (Wildman–Crippen MR) is 65.3 cm³/mol. The van der Waals surface area contributed by atoms with Crippen LogP contribution in [0.2, 0.25) is 5.02 Å². The summed E-state index contributed by atoms with van der Waals surface area (Å²) >= 11 is 5.80. The van der Waals surface area contributed by atoms with Crippen LogP contribution < -0.4 is 4.72 Å². The minimum absolute atomic E-state index is 0.0568. The Labute approximate surface area is 106 Å². The Bertz CT molecular complexity index is 478. The molecule has 0 spiro atoms. The number of nitrogens with one attached hydrogen (secondary N) is 1. The Hall–Kier alpha value is -0.690. The highest BCUT2D eigenvalue weighted by atomic mass is 35.5. The van der Waals surface area contributed by atoms with Crippen LogP contribution in [0.4, 0.5) is 0 Å². The zero-order valence-corrected chi connectivity index (χ0v) is 11.2. The van der Waals surface area contributed by atoms with Crippen LogP contribution in [-0.2, 0) is 10.0 Å². The fourth-order valence-electron chi connectivity index (χ4n) is 1.14. The molecule has 1 aromatic heterocycles. The monoisotopic (exact) mass is 278 g/mol. The average Bonchev–Trinajstić information content (AvgIpc) is 2.27. The van der Waals surface area contributed by atoms with E-state index in [9.17, 15) is 8.42 Å². The molecule has 2 unspecified atom stereocenters. The summed E-state index contributed by atoms with van der Waals surface area (Å²) in [6, 6.07) is 1.03. The minimum atomic E-state index is -3.70. The van der Waals surface area contributed by atoms with Gasteiger partial charge in [0.1, 0.15) is 4.90 Å². The summed E-state index contributed by atoms with van der Waals surface area (Å²) in [4.78, 5) is 3.67. The molecule has 0 saturated heterocycles. The second kappa shape index (κ2) is 5.77. The number of hydrogen-bond acceptors (Lipinski definition) is 4. The number of nitrogens with zero attached hydrogens (tertiary/aromatic N) is 1. The second-order valence-corrected chi connectivity index (χ2v) is 5.97. The quantitative estimate of drug-likeness (QED) is 0.843. The Morgan fingerprint density at radius 2 is 2.18 bits per heavy atom. The summed E-state index contributed by atoms with van der Waals surface area (Å²) in [7, 11) is -3.70. The van der Waals surface area contributed by atoms with E-state index in [4.69, 9.17) is 16.7 Å². The lowest BCUT2D eigenvalue weighted by Gasteiger charge is -2.19. The fraction of sp³-hybridized carbons (Fsp3) is 0.500.